The number of aromatic nitrogens is 2. The van der Waals surface area contributed by atoms with E-state index in [0.717, 1.165) is 22.6 Å². The van der Waals surface area contributed by atoms with E-state index >= 15 is 0 Å². The Hall–Kier alpha value is -2.82. The van der Waals surface area contributed by atoms with Gasteiger partial charge in [-0.1, -0.05) is 6.07 Å². The van der Waals surface area contributed by atoms with Gasteiger partial charge in [-0.05, 0) is 73.9 Å². The predicted molar refractivity (Wildman–Crippen MR) is 129 cm³/mol. The van der Waals surface area contributed by atoms with Crippen LogP contribution >= 0.6 is 11.3 Å². The monoisotopic (exact) mass is 516 g/mol. The Labute approximate surface area is 210 Å². The summed E-state index contributed by atoms with van der Waals surface area (Å²) in [6.45, 7) is 6.15. The maximum Gasteiger partial charge on any atom is 0.416 e. The van der Waals surface area contributed by atoms with Gasteiger partial charge in [0.25, 0.3) is 0 Å². The fourth-order valence-corrected chi connectivity index (χ4v) is 5.90. The summed E-state index contributed by atoms with van der Waals surface area (Å²) in [5, 5.41) is 13.3. The van der Waals surface area contributed by atoms with E-state index in [9.17, 15) is 23.1 Å². The molecule has 1 aromatic carbocycles. The molecule has 0 spiro atoms. The third-order valence-electron chi connectivity index (χ3n) is 6.83. The van der Waals surface area contributed by atoms with Crippen LogP contribution in [-0.4, -0.2) is 39.6 Å². The molecule has 0 bridgehead atoms. The van der Waals surface area contributed by atoms with Gasteiger partial charge in [0.2, 0.25) is 5.78 Å². The summed E-state index contributed by atoms with van der Waals surface area (Å²) < 4.78 is 46.0. The largest absolute Gasteiger partial charge is 0.416 e. The number of ketones is 1. The van der Waals surface area contributed by atoms with Gasteiger partial charge in [-0.2, -0.15) is 13.2 Å². The molecule has 1 aliphatic heterocycles. The molecule has 2 aliphatic rings. The normalized spacial score (nSPS) is 23.9. The summed E-state index contributed by atoms with van der Waals surface area (Å²) in [6.07, 6.45) is -1.17. The van der Waals surface area contributed by atoms with Crippen molar-refractivity contribution in [3.63, 3.8) is 0 Å². The smallest absolute Gasteiger partial charge is 0.393 e. The van der Waals surface area contributed by atoms with Crippen molar-refractivity contribution >= 4 is 22.9 Å². The number of thiophene rings is 1. The highest BCUT2D eigenvalue weighted by Crippen LogP contribution is 2.41. The molecule has 1 radical (unpaired) electrons. The first-order chi connectivity index (χ1) is 17.1. The zero-order valence-electron chi connectivity index (χ0n) is 19.5. The zero-order chi connectivity index (χ0) is 25.6. The molecule has 6 nitrogen and oxygen atoms in total. The van der Waals surface area contributed by atoms with Gasteiger partial charge in [0.1, 0.15) is 18.2 Å². The molecule has 1 aliphatic carbocycles. The molecule has 2 aromatic heterocycles. The van der Waals surface area contributed by atoms with E-state index in [-0.39, 0.29) is 23.3 Å². The summed E-state index contributed by atoms with van der Waals surface area (Å²) in [4.78, 5) is 23.0. The van der Waals surface area contributed by atoms with Crippen LogP contribution in [0.2, 0.25) is 0 Å². The summed E-state index contributed by atoms with van der Waals surface area (Å²) in [7, 11) is 0. The van der Waals surface area contributed by atoms with Crippen molar-refractivity contribution < 1.29 is 27.8 Å². The molecule has 0 unspecified atom stereocenters. The van der Waals surface area contributed by atoms with Crippen molar-refractivity contribution in [2.75, 3.05) is 11.9 Å². The quantitative estimate of drug-likeness (QED) is 0.457. The fourth-order valence-electron chi connectivity index (χ4n) is 4.90. The maximum absolute atomic E-state index is 13.5. The Bertz CT molecular complexity index is 1280. The molecule has 0 amide bonds. The second-order valence-electron chi connectivity index (χ2n) is 9.29. The molecule has 1 saturated carbocycles. The molecule has 189 valence electrons. The lowest BCUT2D eigenvalue weighted by molar-refractivity contribution is -0.137. The molecule has 3 aromatic rings. The highest BCUT2D eigenvalue weighted by Gasteiger charge is 2.35. The summed E-state index contributed by atoms with van der Waals surface area (Å²) >= 11 is 1.26. The molecule has 0 saturated heterocycles. The third kappa shape index (κ3) is 4.77. The lowest BCUT2D eigenvalue weighted by Gasteiger charge is -2.27. The van der Waals surface area contributed by atoms with Crippen LogP contribution < -0.4 is 5.32 Å². The Kier molecular flexibility index (Phi) is 6.61. The van der Waals surface area contributed by atoms with Gasteiger partial charge in [0.15, 0.2) is 0 Å². The van der Waals surface area contributed by atoms with Gasteiger partial charge in [0.05, 0.1) is 28.7 Å². The Morgan fingerprint density at radius 2 is 2.06 bits per heavy atom. The van der Waals surface area contributed by atoms with Crippen LogP contribution in [0.25, 0.3) is 0 Å². The van der Waals surface area contributed by atoms with Crippen molar-refractivity contribution in [3.8, 4) is 0 Å². The molecule has 5 rings (SSSR count). The number of nitrogens with zero attached hydrogens (tertiary/aromatic N) is 2. The number of hydrogen-bond donors (Lipinski definition) is 2. The van der Waals surface area contributed by atoms with Gasteiger partial charge >= 0.3 is 6.18 Å². The number of rotatable bonds is 5. The van der Waals surface area contributed by atoms with Gasteiger partial charge in [0, 0.05) is 17.1 Å². The van der Waals surface area contributed by atoms with E-state index < -0.39 is 23.9 Å². The number of halogens is 3. The van der Waals surface area contributed by atoms with Crippen LogP contribution in [0.4, 0.5) is 19.0 Å². The number of alkyl halides is 3. The Morgan fingerprint density at radius 3 is 2.78 bits per heavy atom. The predicted octanol–water partition coefficient (Wildman–Crippen LogP) is 5.14. The van der Waals surface area contributed by atoms with E-state index in [2.05, 4.69) is 22.2 Å². The third-order valence-corrected chi connectivity index (χ3v) is 7.89. The zero-order valence-corrected chi connectivity index (χ0v) is 20.3. The average molecular weight is 517 g/mol. The number of aliphatic hydroxyl groups is 1. The number of ether oxygens (including phenoxy) is 1. The second kappa shape index (κ2) is 9.57. The van der Waals surface area contributed by atoms with Gasteiger partial charge in [-0.3, -0.25) is 4.79 Å². The van der Waals surface area contributed by atoms with Crippen molar-refractivity contribution in [2.24, 2.45) is 5.92 Å². The molecule has 10 heteroatoms. The van der Waals surface area contributed by atoms with E-state index in [1.165, 1.54) is 29.9 Å². The number of anilines is 1. The lowest BCUT2D eigenvalue weighted by Crippen LogP contribution is -2.20. The molecule has 3 heterocycles. The number of carbonyl (C=O) groups is 1. The highest BCUT2D eigenvalue weighted by atomic mass is 32.1. The first-order valence-electron chi connectivity index (χ1n) is 11.7. The van der Waals surface area contributed by atoms with Crippen LogP contribution in [0.3, 0.4) is 0 Å². The van der Waals surface area contributed by atoms with Gasteiger partial charge in [-0.25, -0.2) is 9.97 Å². The summed E-state index contributed by atoms with van der Waals surface area (Å²) in [6, 6.07) is 5.39. The Morgan fingerprint density at radius 1 is 1.25 bits per heavy atom. The Balaban J connectivity index is 1.44. The topological polar surface area (TPSA) is 84.3 Å². The minimum absolute atomic E-state index is 0.0699. The number of benzene rings is 1. The second-order valence-corrected chi connectivity index (χ2v) is 10.5. The fraction of sp³-hybridized carbons (Fsp3) is 0.385. The van der Waals surface area contributed by atoms with Crippen molar-refractivity contribution in [3.05, 3.63) is 81.3 Å². The van der Waals surface area contributed by atoms with Crippen LogP contribution in [0.1, 0.15) is 61.3 Å². The minimum atomic E-state index is -4.46. The summed E-state index contributed by atoms with van der Waals surface area (Å²) in [5.74, 6) is -0.00699. The van der Waals surface area contributed by atoms with E-state index in [1.54, 1.807) is 6.07 Å². The first-order valence-corrected chi connectivity index (χ1v) is 12.5. The molecular weight excluding hydrogens is 491 g/mol. The van der Waals surface area contributed by atoms with Gasteiger partial charge < -0.3 is 15.2 Å². The highest BCUT2D eigenvalue weighted by molar-refractivity contribution is 7.14. The number of hydrogen-bond acceptors (Lipinski definition) is 7. The van der Waals surface area contributed by atoms with Crippen molar-refractivity contribution in [1.82, 2.24) is 9.97 Å². The van der Waals surface area contributed by atoms with Crippen LogP contribution in [0.5, 0.6) is 0 Å². The molecule has 2 N–H and O–H groups in total. The van der Waals surface area contributed by atoms with Crippen LogP contribution in [0, 0.1) is 19.8 Å². The van der Waals surface area contributed by atoms with E-state index in [4.69, 9.17) is 4.74 Å². The molecule has 1 fully saturated rings. The van der Waals surface area contributed by atoms with Gasteiger partial charge in [-0.15, -0.1) is 11.3 Å². The molecule has 4 atom stereocenters. The SMILES string of the molecule is [CH2][C@@H]1C[C@@H](Nc2ncncc2C(=O)c2cc([C@H]3OCCc4ccc(C(F)(F)F)cc43)c(C)s2)C[C@@H]1O. The number of aryl methyl sites for hydroxylation is 1. The number of nitrogens with one attached hydrogen (secondary N) is 1. The van der Waals surface area contributed by atoms with Crippen LogP contribution in [-0.2, 0) is 17.3 Å². The van der Waals surface area contributed by atoms with E-state index in [1.807, 2.05) is 6.92 Å². The average Bonchev–Trinajstić information content (AvgIpc) is 3.38. The first kappa shape index (κ1) is 24.9. The van der Waals surface area contributed by atoms with Crippen LogP contribution in [0.15, 0.2) is 36.8 Å². The van der Waals surface area contributed by atoms with Crippen molar-refractivity contribution in [1.29, 1.82) is 0 Å². The van der Waals surface area contributed by atoms with Crippen molar-refractivity contribution in [2.45, 2.75) is 50.6 Å². The van der Waals surface area contributed by atoms with E-state index in [0.29, 0.717) is 47.7 Å². The lowest BCUT2D eigenvalue weighted by atomic mass is 9.91. The minimum Gasteiger partial charge on any atom is -0.393 e. The molecule has 36 heavy (non-hydrogen) atoms. The number of fused-ring (bicyclic) bond motifs is 1. The molecular formula is C26H25F3N3O3S. The maximum atomic E-state index is 13.5. The number of aliphatic hydroxyl groups excluding tert-OH is 1. The summed E-state index contributed by atoms with van der Waals surface area (Å²) in [5.41, 5.74) is 1.53. The number of carbonyl (C=O) groups excluding carboxylic acids is 1. The standard InChI is InChI=1S/C26H25F3N3O3S/c1-13-7-17(9-21(13)33)32-25-20(11-30-12-31-25)23(34)22-10-18(14(2)36-22)24-19-8-16(26(27,28)29)4-3-15(19)5-6-35-24/h3-4,8,10-13,17,21,24,33H,1,5-7,9H2,2H3,(H,30,31,32)/t13-,17-,21+,24-/m1/s1.